The van der Waals surface area contributed by atoms with Crippen LogP contribution in [-0.2, 0) is 0 Å². The molecule has 0 spiro atoms. The van der Waals surface area contributed by atoms with Gasteiger partial charge in [0, 0.05) is 18.2 Å². The number of carbonyl (C=O) groups is 1. The maximum absolute atomic E-state index is 13.3. The first-order chi connectivity index (χ1) is 13.1. The van der Waals surface area contributed by atoms with Crippen LogP contribution in [0.5, 0.6) is 5.75 Å². The van der Waals surface area contributed by atoms with Gasteiger partial charge in [-0.3, -0.25) is 9.89 Å². The molecule has 1 aromatic carbocycles. The van der Waals surface area contributed by atoms with Crippen molar-refractivity contribution in [3.63, 3.8) is 0 Å². The second kappa shape index (κ2) is 6.11. The molecule has 0 radical (unpaired) electrons. The zero-order valence-corrected chi connectivity index (χ0v) is 16.1. The van der Waals surface area contributed by atoms with Gasteiger partial charge in [-0.25, -0.2) is 0 Å². The van der Waals surface area contributed by atoms with E-state index < -0.39 is 0 Å². The number of hydrogen-bond donors (Lipinski definition) is 1. The summed E-state index contributed by atoms with van der Waals surface area (Å²) in [6.07, 6.45) is 7.68. The summed E-state index contributed by atoms with van der Waals surface area (Å²) in [5.74, 6) is 3.31. The minimum Gasteiger partial charge on any atom is -0.497 e. The highest BCUT2D eigenvalue weighted by Crippen LogP contribution is 2.57. The molecule has 142 valence electrons. The molecule has 0 aliphatic heterocycles. The normalized spacial score (nSPS) is 31.1. The SMILES string of the molecule is COc1cccc(-c2cc(C(=O)N(C)C34CC5CC(CC(C5)C3)C4)[nH]n2)c1. The molecule has 5 nitrogen and oxygen atoms in total. The summed E-state index contributed by atoms with van der Waals surface area (Å²) < 4.78 is 5.29. The van der Waals surface area contributed by atoms with Crippen LogP contribution in [-0.4, -0.2) is 40.7 Å². The Bertz CT molecular complexity index is 837. The Morgan fingerprint density at radius 1 is 1.15 bits per heavy atom. The Hall–Kier alpha value is -2.30. The van der Waals surface area contributed by atoms with Crippen LogP contribution in [0, 0.1) is 17.8 Å². The highest BCUT2D eigenvalue weighted by molar-refractivity contribution is 5.93. The Labute approximate surface area is 160 Å². The standard InChI is InChI=1S/C22H27N3O2/c1-25(22-11-14-6-15(12-22)8-16(7-14)13-22)21(26)20-10-19(23-24-20)17-4-3-5-18(9-17)27-2/h3-5,9-10,14-16H,6-8,11-13H2,1-2H3,(H,23,24). The smallest absolute Gasteiger partial charge is 0.272 e. The number of nitrogens with one attached hydrogen (secondary N) is 1. The van der Waals surface area contributed by atoms with E-state index in [0.29, 0.717) is 5.69 Å². The summed E-state index contributed by atoms with van der Waals surface area (Å²) in [6, 6.07) is 9.63. The molecule has 4 saturated carbocycles. The maximum atomic E-state index is 13.3. The van der Waals surface area contributed by atoms with E-state index in [-0.39, 0.29) is 11.4 Å². The molecule has 4 aliphatic carbocycles. The fraction of sp³-hybridized carbons (Fsp3) is 0.545. The fourth-order valence-electron chi connectivity index (χ4n) is 6.23. The van der Waals surface area contributed by atoms with E-state index >= 15 is 0 Å². The number of ether oxygens (including phenoxy) is 1. The topological polar surface area (TPSA) is 58.2 Å². The van der Waals surface area contributed by atoms with E-state index in [1.54, 1.807) is 7.11 Å². The van der Waals surface area contributed by atoms with Gasteiger partial charge in [0.15, 0.2) is 0 Å². The van der Waals surface area contributed by atoms with E-state index in [2.05, 4.69) is 10.2 Å². The lowest BCUT2D eigenvalue weighted by Crippen LogP contribution is -2.60. The first-order valence-electron chi connectivity index (χ1n) is 10.0. The third-order valence-electron chi connectivity index (χ3n) is 7.20. The van der Waals surface area contributed by atoms with Crippen LogP contribution in [0.1, 0.15) is 49.0 Å². The van der Waals surface area contributed by atoms with E-state index in [1.807, 2.05) is 42.3 Å². The van der Waals surface area contributed by atoms with Crippen molar-refractivity contribution in [2.24, 2.45) is 17.8 Å². The van der Waals surface area contributed by atoms with Crippen LogP contribution in [0.2, 0.25) is 0 Å². The monoisotopic (exact) mass is 365 g/mol. The third kappa shape index (κ3) is 2.75. The molecule has 0 saturated heterocycles. The number of nitrogens with zero attached hydrogens (tertiary/aromatic N) is 2. The van der Waals surface area contributed by atoms with Gasteiger partial charge < -0.3 is 9.64 Å². The maximum Gasteiger partial charge on any atom is 0.272 e. The Morgan fingerprint density at radius 3 is 2.44 bits per heavy atom. The van der Waals surface area contributed by atoms with Crippen molar-refractivity contribution in [3.8, 4) is 17.0 Å². The molecule has 27 heavy (non-hydrogen) atoms. The predicted octanol–water partition coefficient (Wildman–Crippen LogP) is 4.13. The van der Waals surface area contributed by atoms with Crippen molar-refractivity contribution >= 4 is 5.91 Å². The average Bonchev–Trinajstić information content (AvgIpc) is 3.16. The molecule has 1 heterocycles. The Kier molecular flexibility index (Phi) is 3.81. The van der Waals surface area contributed by atoms with Gasteiger partial charge in [-0.05, 0) is 74.5 Å². The minimum atomic E-state index is 0.0626. The zero-order chi connectivity index (χ0) is 18.6. The summed E-state index contributed by atoms with van der Waals surface area (Å²) in [6.45, 7) is 0. The van der Waals surface area contributed by atoms with E-state index in [0.717, 1.165) is 34.8 Å². The first-order valence-corrected chi connectivity index (χ1v) is 10.0. The Morgan fingerprint density at radius 2 is 1.81 bits per heavy atom. The summed E-state index contributed by atoms with van der Waals surface area (Å²) in [5, 5.41) is 7.36. The average molecular weight is 365 g/mol. The van der Waals surface area contributed by atoms with Crippen LogP contribution < -0.4 is 4.74 Å². The molecule has 1 N–H and O–H groups in total. The van der Waals surface area contributed by atoms with Crippen molar-refractivity contribution in [1.29, 1.82) is 0 Å². The van der Waals surface area contributed by atoms with E-state index in [9.17, 15) is 4.79 Å². The molecule has 4 aliphatic rings. The molecular formula is C22H27N3O2. The van der Waals surface area contributed by atoms with Gasteiger partial charge in [-0.15, -0.1) is 0 Å². The molecule has 6 rings (SSSR count). The van der Waals surface area contributed by atoms with Crippen molar-refractivity contribution in [1.82, 2.24) is 15.1 Å². The highest BCUT2D eigenvalue weighted by Gasteiger charge is 2.53. The van der Waals surface area contributed by atoms with Crippen LogP contribution in [0.4, 0.5) is 0 Å². The lowest BCUT2D eigenvalue weighted by Gasteiger charge is -2.59. The number of aromatic nitrogens is 2. The van der Waals surface area contributed by atoms with Crippen molar-refractivity contribution < 1.29 is 9.53 Å². The van der Waals surface area contributed by atoms with Crippen molar-refractivity contribution in [3.05, 3.63) is 36.0 Å². The van der Waals surface area contributed by atoms with E-state index in [4.69, 9.17) is 4.74 Å². The number of methoxy groups -OCH3 is 1. The molecule has 0 atom stereocenters. The molecule has 4 fully saturated rings. The van der Waals surface area contributed by atoms with Gasteiger partial charge in [0.05, 0.1) is 12.8 Å². The Balaban J connectivity index is 1.39. The van der Waals surface area contributed by atoms with E-state index in [1.165, 1.54) is 38.5 Å². The number of hydrogen-bond acceptors (Lipinski definition) is 3. The van der Waals surface area contributed by atoms with Gasteiger partial charge in [-0.1, -0.05) is 12.1 Å². The predicted molar refractivity (Wildman–Crippen MR) is 104 cm³/mol. The molecule has 1 aromatic heterocycles. The van der Waals surface area contributed by atoms with Crippen LogP contribution >= 0.6 is 0 Å². The summed E-state index contributed by atoms with van der Waals surface area (Å²) in [4.78, 5) is 15.3. The second-order valence-corrected chi connectivity index (χ2v) is 8.90. The first kappa shape index (κ1) is 16.8. The van der Waals surface area contributed by atoms with Crippen LogP contribution in [0.25, 0.3) is 11.3 Å². The number of rotatable bonds is 4. The summed E-state index contributed by atoms with van der Waals surface area (Å²) in [5.41, 5.74) is 2.36. The fourth-order valence-corrected chi connectivity index (χ4v) is 6.23. The number of aromatic amines is 1. The van der Waals surface area contributed by atoms with Crippen LogP contribution in [0.15, 0.2) is 30.3 Å². The zero-order valence-electron chi connectivity index (χ0n) is 16.1. The minimum absolute atomic E-state index is 0.0626. The largest absolute Gasteiger partial charge is 0.497 e. The molecular weight excluding hydrogens is 338 g/mol. The third-order valence-corrected chi connectivity index (χ3v) is 7.20. The molecule has 5 heteroatoms. The van der Waals surface area contributed by atoms with Gasteiger partial charge in [-0.2, -0.15) is 5.10 Å². The lowest BCUT2D eigenvalue weighted by molar-refractivity contribution is -0.0667. The second-order valence-electron chi connectivity index (χ2n) is 8.90. The highest BCUT2D eigenvalue weighted by atomic mass is 16.5. The molecule has 0 unspecified atom stereocenters. The number of amides is 1. The summed E-state index contributed by atoms with van der Waals surface area (Å²) >= 11 is 0. The van der Waals surface area contributed by atoms with Gasteiger partial charge in [0.2, 0.25) is 0 Å². The molecule has 2 aromatic rings. The van der Waals surface area contributed by atoms with Gasteiger partial charge in [0.1, 0.15) is 11.4 Å². The molecule has 4 bridgehead atoms. The number of benzene rings is 1. The van der Waals surface area contributed by atoms with Gasteiger partial charge >= 0.3 is 0 Å². The van der Waals surface area contributed by atoms with Crippen molar-refractivity contribution in [2.75, 3.05) is 14.2 Å². The number of carbonyl (C=O) groups excluding carboxylic acids is 1. The summed E-state index contributed by atoms with van der Waals surface area (Å²) in [7, 11) is 3.65. The van der Waals surface area contributed by atoms with Crippen molar-refractivity contribution in [2.45, 2.75) is 44.1 Å². The lowest BCUT2D eigenvalue weighted by atomic mass is 9.52. The quantitative estimate of drug-likeness (QED) is 0.886. The van der Waals surface area contributed by atoms with Crippen LogP contribution in [0.3, 0.4) is 0 Å². The number of H-pyrrole nitrogens is 1. The van der Waals surface area contributed by atoms with Gasteiger partial charge in [0.25, 0.3) is 5.91 Å². The molecule has 1 amide bonds.